The smallest absolute Gasteiger partial charge is 0.258 e. The number of nitrogens with one attached hydrogen (secondary N) is 1. The largest absolute Gasteiger partial charge is 0.483 e. The molecule has 0 radical (unpaired) electrons. The Kier molecular flexibility index (Phi) is 6.03. The number of rotatable bonds is 7. The van der Waals surface area contributed by atoms with Gasteiger partial charge >= 0.3 is 0 Å². The predicted octanol–water partition coefficient (Wildman–Crippen LogP) is 4.96. The lowest BCUT2D eigenvalue weighted by Crippen LogP contribution is -2.32. The number of para-hydroxylation sites is 2. The molecule has 0 bridgehead atoms. The maximum atomic E-state index is 12.6. The number of aryl methyl sites for hydroxylation is 2. The van der Waals surface area contributed by atoms with E-state index in [4.69, 9.17) is 9.72 Å². The highest BCUT2D eigenvalue weighted by Crippen LogP contribution is 2.23. The lowest BCUT2D eigenvalue weighted by molar-refractivity contribution is -0.123. The summed E-state index contributed by atoms with van der Waals surface area (Å²) in [4.78, 5) is 17.4. The van der Waals surface area contributed by atoms with E-state index in [9.17, 15) is 4.79 Å². The summed E-state index contributed by atoms with van der Waals surface area (Å²) in [7, 11) is 0. The van der Waals surface area contributed by atoms with Crippen molar-refractivity contribution in [2.24, 2.45) is 0 Å². The summed E-state index contributed by atoms with van der Waals surface area (Å²) >= 11 is 0. The maximum absolute atomic E-state index is 12.6. The van der Waals surface area contributed by atoms with E-state index in [0.29, 0.717) is 6.54 Å². The quantitative estimate of drug-likeness (QED) is 0.466. The zero-order valence-electron chi connectivity index (χ0n) is 18.1. The Bertz CT molecular complexity index is 1200. The molecule has 1 N–H and O–H groups in total. The number of benzene rings is 3. The van der Waals surface area contributed by atoms with E-state index in [1.165, 1.54) is 5.56 Å². The molecule has 1 atom stereocenters. The fourth-order valence-corrected chi connectivity index (χ4v) is 3.71. The van der Waals surface area contributed by atoms with Crippen LogP contribution < -0.4 is 10.1 Å². The average molecular weight is 414 g/mol. The number of carbonyl (C=O) groups is 1. The number of imidazole rings is 1. The van der Waals surface area contributed by atoms with Crippen molar-refractivity contribution in [3.05, 3.63) is 95.3 Å². The van der Waals surface area contributed by atoms with Crippen molar-refractivity contribution in [3.8, 4) is 5.75 Å². The number of ether oxygens (including phenoxy) is 1. The fourth-order valence-electron chi connectivity index (χ4n) is 3.71. The lowest BCUT2D eigenvalue weighted by atomic mass is 10.1. The van der Waals surface area contributed by atoms with E-state index in [1.54, 1.807) is 0 Å². The molecule has 0 fully saturated rings. The third-order valence-corrected chi connectivity index (χ3v) is 5.33. The minimum atomic E-state index is -0.259. The summed E-state index contributed by atoms with van der Waals surface area (Å²) in [5.74, 6) is 1.39. The molecule has 1 heterocycles. The van der Waals surface area contributed by atoms with Crippen molar-refractivity contribution >= 4 is 16.9 Å². The number of carbonyl (C=O) groups excluding carboxylic acids is 1. The van der Waals surface area contributed by atoms with Gasteiger partial charge in [0.15, 0.2) is 6.61 Å². The van der Waals surface area contributed by atoms with Crippen LogP contribution in [0.4, 0.5) is 0 Å². The minimum Gasteiger partial charge on any atom is -0.483 e. The van der Waals surface area contributed by atoms with Gasteiger partial charge in [0, 0.05) is 6.54 Å². The number of aromatic nitrogens is 2. The number of fused-ring (bicyclic) bond motifs is 1. The summed E-state index contributed by atoms with van der Waals surface area (Å²) in [5.41, 5.74) is 5.26. The second-order valence-electron chi connectivity index (χ2n) is 7.88. The van der Waals surface area contributed by atoms with Crippen molar-refractivity contribution in [1.29, 1.82) is 0 Å². The highest BCUT2D eigenvalue weighted by Gasteiger charge is 2.19. The normalized spacial score (nSPS) is 12.0. The van der Waals surface area contributed by atoms with Crippen molar-refractivity contribution < 1.29 is 9.53 Å². The van der Waals surface area contributed by atoms with E-state index in [1.807, 2.05) is 75.4 Å². The highest BCUT2D eigenvalue weighted by atomic mass is 16.5. The molecule has 0 saturated carbocycles. The zero-order chi connectivity index (χ0) is 21.8. The molecule has 158 valence electrons. The topological polar surface area (TPSA) is 56.1 Å². The van der Waals surface area contributed by atoms with Gasteiger partial charge in [-0.1, -0.05) is 54.6 Å². The molecular weight excluding hydrogens is 386 g/mol. The van der Waals surface area contributed by atoms with Gasteiger partial charge in [0.25, 0.3) is 5.91 Å². The third-order valence-electron chi connectivity index (χ3n) is 5.33. The SMILES string of the molecule is Cc1ccc(C)c(OCC(=O)NC(C)c2nc3ccccc3n2Cc2ccccc2)c1. The molecular formula is C26H27N3O2. The van der Waals surface area contributed by atoms with E-state index in [-0.39, 0.29) is 18.6 Å². The first kappa shape index (κ1) is 20.7. The van der Waals surface area contributed by atoms with E-state index >= 15 is 0 Å². The molecule has 0 aliphatic carbocycles. The molecule has 5 nitrogen and oxygen atoms in total. The Morgan fingerprint density at radius 2 is 1.77 bits per heavy atom. The molecule has 0 aliphatic rings. The van der Waals surface area contributed by atoms with Crippen LogP contribution in [0.15, 0.2) is 72.8 Å². The van der Waals surface area contributed by atoms with Crippen LogP contribution in [0, 0.1) is 13.8 Å². The van der Waals surface area contributed by atoms with Gasteiger partial charge in [0.05, 0.1) is 17.1 Å². The Balaban J connectivity index is 1.51. The Morgan fingerprint density at radius 3 is 2.58 bits per heavy atom. The number of nitrogens with zero attached hydrogens (tertiary/aromatic N) is 2. The van der Waals surface area contributed by atoms with Gasteiger partial charge in [0.2, 0.25) is 0 Å². The van der Waals surface area contributed by atoms with Crippen LogP contribution in [0.25, 0.3) is 11.0 Å². The first-order valence-electron chi connectivity index (χ1n) is 10.5. The first-order chi connectivity index (χ1) is 15.0. The molecule has 1 unspecified atom stereocenters. The average Bonchev–Trinajstić information content (AvgIpc) is 3.14. The van der Waals surface area contributed by atoms with Gasteiger partial charge in [-0.25, -0.2) is 4.98 Å². The summed E-state index contributed by atoms with van der Waals surface area (Å²) in [6.45, 7) is 6.59. The van der Waals surface area contributed by atoms with Gasteiger partial charge < -0.3 is 14.6 Å². The second-order valence-corrected chi connectivity index (χ2v) is 7.88. The molecule has 5 heteroatoms. The molecule has 4 rings (SSSR count). The van der Waals surface area contributed by atoms with Gasteiger partial charge in [-0.3, -0.25) is 4.79 Å². The van der Waals surface area contributed by atoms with Crippen molar-refractivity contribution in [1.82, 2.24) is 14.9 Å². The van der Waals surface area contributed by atoms with Gasteiger partial charge in [0.1, 0.15) is 11.6 Å². The predicted molar refractivity (Wildman–Crippen MR) is 123 cm³/mol. The van der Waals surface area contributed by atoms with E-state index in [2.05, 4.69) is 28.1 Å². The lowest BCUT2D eigenvalue weighted by Gasteiger charge is -2.17. The number of amides is 1. The van der Waals surface area contributed by atoms with Crippen LogP contribution in [0.1, 0.15) is 35.5 Å². The molecule has 1 amide bonds. The van der Waals surface area contributed by atoms with Crippen molar-refractivity contribution in [3.63, 3.8) is 0 Å². The Labute approximate surface area is 182 Å². The highest BCUT2D eigenvalue weighted by molar-refractivity contribution is 5.79. The minimum absolute atomic E-state index is 0.0342. The summed E-state index contributed by atoms with van der Waals surface area (Å²) in [6.07, 6.45) is 0. The Hall–Kier alpha value is -3.60. The molecule has 1 aromatic heterocycles. The standard InChI is InChI=1S/C26H27N3O2/c1-18-13-14-19(2)24(15-18)31-17-25(30)27-20(3)26-28-22-11-7-8-12-23(22)29(26)16-21-9-5-4-6-10-21/h4-15,20H,16-17H2,1-3H3,(H,27,30). The molecule has 0 aliphatic heterocycles. The molecule has 0 spiro atoms. The fraction of sp³-hybridized carbons (Fsp3) is 0.231. The third kappa shape index (κ3) is 4.77. The molecule has 0 saturated heterocycles. The maximum Gasteiger partial charge on any atom is 0.258 e. The molecule has 3 aromatic carbocycles. The second kappa shape index (κ2) is 9.04. The zero-order valence-corrected chi connectivity index (χ0v) is 18.1. The van der Waals surface area contributed by atoms with Crippen molar-refractivity contribution in [2.75, 3.05) is 6.61 Å². The summed E-state index contributed by atoms with van der Waals surface area (Å²) in [6, 6.07) is 24.0. The van der Waals surface area contributed by atoms with Crippen LogP contribution in [0.2, 0.25) is 0 Å². The summed E-state index contributed by atoms with van der Waals surface area (Å²) in [5, 5.41) is 3.04. The van der Waals surface area contributed by atoms with Gasteiger partial charge in [-0.15, -0.1) is 0 Å². The monoisotopic (exact) mass is 413 g/mol. The molecule has 4 aromatic rings. The number of hydrogen-bond donors (Lipinski definition) is 1. The van der Waals surface area contributed by atoms with Crippen LogP contribution >= 0.6 is 0 Å². The van der Waals surface area contributed by atoms with Crippen LogP contribution in [-0.2, 0) is 11.3 Å². The Morgan fingerprint density at radius 1 is 1.03 bits per heavy atom. The van der Waals surface area contributed by atoms with Crippen LogP contribution in [0.5, 0.6) is 5.75 Å². The van der Waals surface area contributed by atoms with Crippen molar-refractivity contribution in [2.45, 2.75) is 33.4 Å². The molecule has 31 heavy (non-hydrogen) atoms. The summed E-state index contributed by atoms with van der Waals surface area (Å²) < 4.78 is 7.93. The first-order valence-corrected chi connectivity index (χ1v) is 10.5. The number of hydrogen-bond acceptors (Lipinski definition) is 3. The van der Waals surface area contributed by atoms with E-state index < -0.39 is 0 Å². The van der Waals surface area contributed by atoms with Crippen LogP contribution in [-0.4, -0.2) is 22.1 Å². The van der Waals surface area contributed by atoms with Gasteiger partial charge in [-0.05, 0) is 55.7 Å². The van der Waals surface area contributed by atoms with Crippen LogP contribution in [0.3, 0.4) is 0 Å². The van der Waals surface area contributed by atoms with Gasteiger partial charge in [-0.2, -0.15) is 0 Å². The van der Waals surface area contributed by atoms with E-state index in [0.717, 1.165) is 33.7 Å².